The second kappa shape index (κ2) is 3.56. The van der Waals surface area contributed by atoms with Gasteiger partial charge in [-0.25, -0.2) is 0 Å². The summed E-state index contributed by atoms with van der Waals surface area (Å²) in [6, 6.07) is 5.96. The van der Waals surface area contributed by atoms with Crippen LogP contribution in [0.3, 0.4) is 0 Å². The first kappa shape index (κ1) is 9.03. The smallest absolute Gasteiger partial charge is 0.0409 e. The van der Waals surface area contributed by atoms with Crippen molar-refractivity contribution in [1.82, 2.24) is 0 Å². The second-order valence-electron chi connectivity index (χ2n) is 2.93. The number of benzene rings is 1. The van der Waals surface area contributed by atoms with Gasteiger partial charge in [-0.2, -0.15) is 0 Å². The Hall–Kier alpha value is -0.0600. The molecular formula is C9H12ClP. The van der Waals surface area contributed by atoms with Crippen molar-refractivity contribution >= 4 is 26.1 Å². The molecule has 0 aliphatic rings. The predicted molar refractivity (Wildman–Crippen MR) is 54.9 cm³/mol. The van der Waals surface area contributed by atoms with Crippen LogP contribution in [0.4, 0.5) is 0 Å². The lowest BCUT2D eigenvalue weighted by atomic mass is 10.0. The highest BCUT2D eigenvalue weighted by Crippen LogP contribution is 2.18. The van der Waals surface area contributed by atoms with E-state index in [-0.39, 0.29) is 0 Å². The maximum Gasteiger partial charge on any atom is 0.0409 e. The quantitative estimate of drug-likeness (QED) is 0.592. The van der Waals surface area contributed by atoms with Crippen molar-refractivity contribution in [2.24, 2.45) is 0 Å². The second-order valence-corrected chi connectivity index (χ2v) is 3.99. The third-order valence-electron chi connectivity index (χ3n) is 1.67. The van der Waals surface area contributed by atoms with Crippen LogP contribution >= 0.6 is 20.8 Å². The molecule has 0 nitrogen and oxygen atoms in total. The molecule has 0 bridgehead atoms. The van der Waals surface area contributed by atoms with E-state index in [2.05, 4.69) is 23.1 Å². The molecule has 11 heavy (non-hydrogen) atoms. The summed E-state index contributed by atoms with van der Waals surface area (Å²) in [5.41, 5.74) is 1.31. The van der Waals surface area contributed by atoms with E-state index in [1.807, 2.05) is 18.2 Å². The van der Waals surface area contributed by atoms with Gasteiger partial charge in [-0.15, -0.1) is 9.24 Å². The molecule has 0 N–H and O–H groups in total. The Morgan fingerprint density at radius 2 is 2.00 bits per heavy atom. The summed E-state index contributed by atoms with van der Waals surface area (Å²) in [5, 5.41) is 2.06. The molecule has 0 saturated heterocycles. The molecule has 0 radical (unpaired) electrons. The van der Waals surface area contributed by atoms with Crippen LogP contribution < -0.4 is 5.30 Å². The van der Waals surface area contributed by atoms with E-state index in [0.29, 0.717) is 5.92 Å². The molecule has 0 saturated carbocycles. The minimum atomic E-state index is 0.543. The SMILES string of the molecule is CC(C)c1cc(Cl)ccc1P. The minimum absolute atomic E-state index is 0.543. The lowest BCUT2D eigenvalue weighted by Crippen LogP contribution is -2.02. The molecule has 1 aromatic rings. The average molecular weight is 187 g/mol. The normalized spacial score (nSPS) is 10.6. The third kappa shape index (κ3) is 2.18. The highest BCUT2D eigenvalue weighted by atomic mass is 35.5. The largest absolute Gasteiger partial charge is 0.105 e. The first-order valence-electron chi connectivity index (χ1n) is 3.66. The Morgan fingerprint density at radius 3 is 2.45 bits per heavy atom. The van der Waals surface area contributed by atoms with E-state index in [4.69, 9.17) is 11.6 Å². The van der Waals surface area contributed by atoms with Gasteiger partial charge < -0.3 is 0 Å². The monoisotopic (exact) mass is 186 g/mol. The van der Waals surface area contributed by atoms with Crippen molar-refractivity contribution in [1.29, 1.82) is 0 Å². The van der Waals surface area contributed by atoms with Crippen LogP contribution in [-0.4, -0.2) is 0 Å². The minimum Gasteiger partial charge on any atom is -0.105 e. The van der Waals surface area contributed by atoms with Crippen LogP contribution in [0.15, 0.2) is 18.2 Å². The summed E-state index contributed by atoms with van der Waals surface area (Å²) >= 11 is 5.85. The van der Waals surface area contributed by atoms with Crippen molar-refractivity contribution in [2.45, 2.75) is 19.8 Å². The van der Waals surface area contributed by atoms with Gasteiger partial charge in [-0.1, -0.05) is 31.5 Å². The van der Waals surface area contributed by atoms with Crippen LogP contribution in [-0.2, 0) is 0 Å². The standard InChI is InChI=1S/C9H12ClP/c1-6(2)8-5-7(10)3-4-9(8)11/h3-6H,11H2,1-2H3. The predicted octanol–water partition coefficient (Wildman–Crippen LogP) is 2.96. The van der Waals surface area contributed by atoms with E-state index in [0.717, 1.165) is 5.02 Å². The molecular weight excluding hydrogens is 175 g/mol. The molecule has 0 amide bonds. The van der Waals surface area contributed by atoms with Crippen LogP contribution in [0.2, 0.25) is 5.02 Å². The Bertz CT molecular complexity index is 256. The molecule has 2 heteroatoms. The van der Waals surface area contributed by atoms with E-state index >= 15 is 0 Å². The highest BCUT2D eigenvalue weighted by molar-refractivity contribution is 7.27. The van der Waals surface area contributed by atoms with Crippen LogP contribution in [0.1, 0.15) is 25.3 Å². The molecule has 1 aromatic carbocycles. The zero-order valence-electron chi connectivity index (χ0n) is 6.76. The van der Waals surface area contributed by atoms with Gasteiger partial charge in [-0.05, 0) is 28.9 Å². The molecule has 1 atom stereocenters. The van der Waals surface area contributed by atoms with Crippen LogP contribution in [0.25, 0.3) is 0 Å². The summed E-state index contributed by atoms with van der Waals surface area (Å²) in [6.07, 6.45) is 0. The molecule has 60 valence electrons. The number of hydrogen-bond donors (Lipinski definition) is 0. The highest BCUT2D eigenvalue weighted by Gasteiger charge is 2.02. The molecule has 0 aliphatic carbocycles. The molecule has 0 fully saturated rings. The van der Waals surface area contributed by atoms with Crippen molar-refractivity contribution in [2.75, 3.05) is 0 Å². The Labute approximate surface area is 75.2 Å². The summed E-state index contributed by atoms with van der Waals surface area (Å²) in [4.78, 5) is 0. The summed E-state index contributed by atoms with van der Waals surface area (Å²) in [7, 11) is 2.72. The average Bonchev–Trinajstić information content (AvgIpc) is 1.94. The topological polar surface area (TPSA) is 0 Å². The van der Waals surface area contributed by atoms with Gasteiger partial charge in [0.05, 0.1) is 0 Å². The van der Waals surface area contributed by atoms with Crippen molar-refractivity contribution in [3.8, 4) is 0 Å². The van der Waals surface area contributed by atoms with Gasteiger partial charge in [0, 0.05) is 5.02 Å². The van der Waals surface area contributed by atoms with Gasteiger partial charge in [-0.3, -0.25) is 0 Å². The van der Waals surface area contributed by atoms with Gasteiger partial charge >= 0.3 is 0 Å². The lowest BCUT2D eigenvalue weighted by molar-refractivity contribution is 0.874. The zero-order valence-corrected chi connectivity index (χ0v) is 8.68. The van der Waals surface area contributed by atoms with Crippen molar-refractivity contribution in [3.05, 3.63) is 28.8 Å². The Morgan fingerprint density at radius 1 is 1.36 bits per heavy atom. The van der Waals surface area contributed by atoms with Gasteiger partial charge in [0.1, 0.15) is 0 Å². The fraction of sp³-hybridized carbons (Fsp3) is 0.333. The molecule has 1 rings (SSSR count). The third-order valence-corrected chi connectivity index (χ3v) is 2.43. The number of hydrogen-bond acceptors (Lipinski definition) is 0. The van der Waals surface area contributed by atoms with E-state index < -0.39 is 0 Å². The Balaban J connectivity index is 3.13. The zero-order chi connectivity index (χ0) is 8.43. The van der Waals surface area contributed by atoms with Gasteiger partial charge in [0.25, 0.3) is 0 Å². The van der Waals surface area contributed by atoms with Crippen LogP contribution in [0, 0.1) is 0 Å². The molecule has 0 aromatic heterocycles. The van der Waals surface area contributed by atoms with Crippen LogP contribution in [0.5, 0.6) is 0 Å². The summed E-state index contributed by atoms with van der Waals surface area (Å²) < 4.78 is 0. The van der Waals surface area contributed by atoms with E-state index in [1.54, 1.807) is 0 Å². The van der Waals surface area contributed by atoms with Crippen molar-refractivity contribution in [3.63, 3.8) is 0 Å². The summed E-state index contributed by atoms with van der Waals surface area (Å²) in [5.74, 6) is 0.543. The lowest BCUT2D eigenvalue weighted by Gasteiger charge is -2.08. The Kier molecular flexibility index (Phi) is 2.92. The summed E-state index contributed by atoms with van der Waals surface area (Å²) in [6.45, 7) is 4.33. The first-order valence-corrected chi connectivity index (χ1v) is 4.61. The molecule has 1 unspecified atom stereocenters. The van der Waals surface area contributed by atoms with Crippen molar-refractivity contribution < 1.29 is 0 Å². The van der Waals surface area contributed by atoms with E-state index in [9.17, 15) is 0 Å². The molecule has 0 heterocycles. The molecule has 0 aliphatic heterocycles. The maximum absolute atomic E-state index is 5.85. The van der Waals surface area contributed by atoms with E-state index in [1.165, 1.54) is 10.9 Å². The maximum atomic E-state index is 5.85. The number of rotatable bonds is 1. The number of halogens is 1. The van der Waals surface area contributed by atoms with Gasteiger partial charge in [0.2, 0.25) is 0 Å². The fourth-order valence-electron chi connectivity index (χ4n) is 1.05. The first-order chi connectivity index (χ1) is 5.11. The van der Waals surface area contributed by atoms with Gasteiger partial charge in [0.15, 0.2) is 0 Å². The fourth-order valence-corrected chi connectivity index (χ4v) is 1.74. The molecule has 0 spiro atoms.